The molecule has 0 atom stereocenters. The topological polar surface area (TPSA) is 82.8 Å². The molecule has 102 valence electrons. The number of aldehydes is 1. The minimum atomic E-state index is 0.103. The number of carbonyl (C=O) groups excluding carboxylic acids is 1. The molecular weight excluding hydrogens is 258 g/mol. The average molecular weight is 271 g/mol. The number of rotatable bonds is 3. The monoisotopic (exact) mass is 271 g/mol. The number of ether oxygens (including phenoxy) is 1. The van der Waals surface area contributed by atoms with Gasteiger partial charge in [-0.15, -0.1) is 5.10 Å². The molecule has 20 heavy (non-hydrogen) atoms. The summed E-state index contributed by atoms with van der Waals surface area (Å²) in [5, 5.41) is 8.97. The molecule has 0 bridgehead atoms. The maximum Gasteiger partial charge on any atom is 0.316 e. The predicted molar refractivity (Wildman–Crippen MR) is 72.9 cm³/mol. The van der Waals surface area contributed by atoms with Crippen LogP contribution < -0.4 is 4.74 Å². The van der Waals surface area contributed by atoms with Crippen LogP contribution in [0.15, 0.2) is 12.3 Å². The third-order valence-electron chi connectivity index (χ3n) is 3.10. The molecule has 2 heterocycles. The van der Waals surface area contributed by atoms with Crippen LogP contribution in [0.5, 0.6) is 6.01 Å². The lowest BCUT2D eigenvalue weighted by Gasteiger charge is -2.08. The van der Waals surface area contributed by atoms with Crippen molar-refractivity contribution in [2.24, 2.45) is 0 Å². The van der Waals surface area contributed by atoms with Gasteiger partial charge in [0, 0.05) is 23.2 Å². The van der Waals surface area contributed by atoms with E-state index >= 15 is 0 Å². The van der Waals surface area contributed by atoms with Crippen LogP contribution in [0.1, 0.15) is 30.2 Å². The fourth-order valence-corrected chi connectivity index (χ4v) is 2.16. The Morgan fingerprint density at radius 1 is 1.35 bits per heavy atom. The summed E-state index contributed by atoms with van der Waals surface area (Å²) in [7, 11) is 1.51. The Labute approximate surface area is 114 Å². The van der Waals surface area contributed by atoms with Crippen molar-refractivity contribution in [3.63, 3.8) is 0 Å². The van der Waals surface area contributed by atoms with Crippen LogP contribution in [0.3, 0.4) is 0 Å². The Kier molecular flexibility index (Phi) is 2.81. The Balaban J connectivity index is 2.51. The summed E-state index contributed by atoms with van der Waals surface area (Å²) in [6, 6.07) is 2.09. The summed E-state index contributed by atoms with van der Waals surface area (Å²) < 4.78 is 6.81. The SMILES string of the molecule is COc1ncc2cc(C=O)c3nnn(C(C)C)c3c2n1. The van der Waals surface area contributed by atoms with Gasteiger partial charge in [0.15, 0.2) is 6.29 Å². The zero-order valence-electron chi connectivity index (χ0n) is 11.4. The molecule has 0 aliphatic rings. The molecule has 0 amide bonds. The standard InChI is InChI=1S/C13H13N5O2/c1-7(2)18-12-10-8(5-14-13(15-10)20-3)4-9(6-19)11(12)16-17-18/h4-7H,1-3H3. The van der Waals surface area contributed by atoms with Gasteiger partial charge in [0.25, 0.3) is 0 Å². The average Bonchev–Trinajstić information content (AvgIpc) is 2.91. The molecule has 3 rings (SSSR count). The van der Waals surface area contributed by atoms with Gasteiger partial charge in [-0.05, 0) is 19.9 Å². The highest BCUT2D eigenvalue weighted by atomic mass is 16.5. The van der Waals surface area contributed by atoms with Crippen LogP contribution >= 0.6 is 0 Å². The quantitative estimate of drug-likeness (QED) is 0.675. The van der Waals surface area contributed by atoms with Crippen molar-refractivity contribution in [3.05, 3.63) is 17.8 Å². The van der Waals surface area contributed by atoms with Crippen LogP contribution in [-0.2, 0) is 0 Å². The van der Waals surface area contributed by atoms with E-state index in [1.165, 1.54) is 7.11 Å². The van der Waals surface area contributed by atoms with Crippen LogP contribution in [-0.4, -0.2) is 38.4 Å². The van der Waals surface area contributed by atoms with Crippen LogP contribution in [0.25, 0.3) is 21.9 Å². The molecule has 7 nitrogen and oxygen atoms in total. The van der Waals surface area contributed by atoms with Crippen molar-refractivity contribution in [1.29, 1.82) is 0 Å². The molecule has 0 radical (unpaired) electrons. The summed E-state index contributed by atoms with van der Waals surface area (Å²) in [5.74, 6) is 0. The predicted octanol–water partition coefficient (Wildman–Crippen LogP) is 1.78. The van der Waals surface area contributed by atoms with E-state index in [2.05, 4.69) is 20.3 Å². The van der Waals surface area contributed by atoms with Gasteiger partial charge in [0.05, 0.1) is 7.11 Å². The van der Waals surface area contributed by atoms with Gasteiger partial charge in [0.2, 0.25) is 0 Å². The molecular formula is C13H13N5O2. The minimum absolute atomic E-state index is 0.103. The second kappa shape index (κ2) is 4.52. The number of hydrogen-bond acceptors (Lipinski definition) is 6. The molecule has 3 aromatic rings. The van der Waals surface area contributed by atoms with Gasteiger partial charge in [0.1, 0.15) is 16.6 Å². The first-order chi connectivity index (χ1) is 9.65. The molecule has 1 aromatic carbocycles. The van der Waals surface area contributed by atoms with E-state index in [9.17, 15) is 4.79 Å². The second-order valence-corrected chi connectivity index (χ2v) is 4.70. The summed E-state index contributed by atoms with van der Waals surface area (Å²) in [6.45, 7) is 3.98. The summed E-state index contributed by atoms with van der Waals surface area (Å²) in [4.78, 5) is 19.7. The van der Waals surface area contributed by atoms with Crippen molar-refractivity contribution >= 4 is 28.2 Å². The Hall–Kier alpha value is -2.57. The highest BCUT2D eigenvalue weighted by Crippen LogP contribution is 2.27. The fourth-order valence-electron chi connectivity index (χ4n) is 2.16. The number of fused-ring (bicyclic) bond motifs is 3. The summed E-state index contributed by atoms with van der Waals surface area (Å²) >= 11 is 0. The van der Waals surface area contributed by atoms with E-state index in [0.29, 0.717) is 16.6 Å². The highest BCUT2D eigenvalue weighted by molar-refractivity contribution is 6.08. The lowest BCUT2D eigenvalue weighted by Crippen LogP contribution is -2.04. The number of aromatic nitrogens is 5. The number of nitrogens with zero attached hydrogens (tertiary/aromatic N) is 5. The second-order valence-electron chi connectivity index (χ2n) is 4.70. The Bertz CT molecular complexity index is 809. The minimum Gasteiger partial charge on any atom is -0.467 e. The number of hydrogen-bond donors (Lipinski definition) is 0. The van der Waals surface area contributed by atoms with Crippen LogP contribution in [0, 0.1) is 0 Å². The maximum atomic E-state index is 11.2. The van der Waals surface area contributed by atoms with Gasteiger partial charge >= 0.3 is 6.01 Å². The van der Waals surface area contributed by atoms with Gasteiger partial charge in [-0.2, -0.15) is 4.98 Å². The zero-order valence-corrected chi connectivity index (χ0v) is 11.4. The number of methoxy groups -OCH3 is 1. The van der Waals surface area contributed by atoms with Crippen molar-refractivity contribution < 1.29 is 9.53 Å². The lowest BCUT2D eigenvalue weighted by atomic mass is 10.1. The van der Waals surface area contributed by atoms with E-state index in [1.54, 1.807) is 16.9 Å². The smallest absolute Gasteiger partial charge is 0.316 e. The fraction of sp³-hybridized carbons (Fsp3) is 0.308. The first-order valence-corrected chi connectivity index (χ1v) is 6.19. The molecule has 2 aromatic heterocycles. The Morgan fingerprint density at radius 3 is 2.80 bits per heavy atom. The largest absolute Gasteiger partial charge is 0.467 e. The van der Waals surface area contributed by atoms with Gasteiger partial charge in [-0.3, -0.25) is 4.79 Å². The molecule has 0 N–H and O–H groups in total. The molecule has 0 fully saturated rings. The van der Waals surface area contributed by atoms with Crippen LogP contribution in [0.4, 0.5) is 0 Å². The summed E-state index contributed by atoms with van der Waals surface area (Å²) in [6.07, 6.45) is 2.40. The normalized spacial score (nSPS) is 11.4. The molecule has 0 spiro atoms. The first kappa shape index (κ1) is 12.5. The van der Waals surface area contributed by atoms with E-state index in [-0.39, 0.29) is 12.1 Å². The van der Waals surface area contributed by atoms with E-state index in [0.717, 1.165) is 17.2 Å². The molecule has 0 saturated heterocycles. The number of benzene rings is 1. The van der Waals surface area contributed by atoms with E-state index in [4.69, 9.17) is 4.74 Å². The van der Waals surface area contributed by atoms with Crippen molar-refractivity contribution in [2.45, 2.75) is 19.9 Å². The number of carbonyl (C=O) groups is 1. The lowest BCUT2D eigenvalue weighted by molar-refractivity contribution is 0.112. The molecule has 0 unspecified atom stereocenters. The van der Waals surface area contributed by atoms with Gasteiger partial charge in [-0.1, -0.05) is 5.21 Å². The molecule has 0 aliphatic carbocycles. The molecule has 0 aliphatic heterocycles. The van der Waals surface area contributed by atoms with Crippen LogP contribution in [0.2, 0.25) is 0 Å². The van der Waals surface area contributed by atoms with E-state index < -0.39 is 0 Å². The third kappa shape index (κ3) is 1.70. The molecule has 7 heteroatoms. The van der Waals surface area contributed by atoms with E-state index in [1.807, 2.05) is 13.8 Å². The van der Waals surface area contributed by atoms with Gasteiger partial charge in [-0.25, -0.2) is 9.67 Å². The summed E-state index contributed by atoms with van der Waals surface area (Å²) in [5.41, 5.74) is 2.42. The Morgan fingerprint density at radius 2 is 2.15 bits per heavy atom. The van der Waals surface area contributed by atoms with Gasteiger partial charge < -0.3 is 4.74 Å². The van der Waals surface area contributed by atoms with Crippen molar-refractivity contribution in [1.82, 2.24) is 25.0 Å². The first-order valence-electron chi connectivity index (χ1n) is 6.19. The zero-order chi connectivity index (χ0) is 14.3. The maximum absolute atomic E-state index is 11.2. The highest BCUT2D eigenvalue weighted by Gasteiger charge is 2.17. The third-order valence-corrected chi connectivity index (χ3v) is 3.10. The van der Waals surface area contributed by atoms with Crippen molar-refractivity contribution in [3.8, 4) is 6.01 Å². The molecule has 0 saturated carbocycles. The van der Waals surface area contributed by atoms with Crippen molar-refractivity contribution in [2.75, 3.05) is 7.11 Å².